The van der Waals surface area contributed by atoms with Crippen molar-refractivity contribution < 1.29 is 23.1 Å². The normalized spacial score (nSPS) is 15.8. The number of methoxy groups -OCH3 is 1. The van der Waals surface area contributed by atoms with Gasteiger partial charge in [0, 0.05) is 0 Å². The first-order chi connectivity index (χ1) is 14.0. The second-order valence-electron chi connectivity index (χ2n) is 5.97. The van der Waals surface area contributed by atoms with Crippen molar-refractivity contribution in [1.82, 2.24) is 10.7 Å². The number of nitrogens with zero attached hydrogens (tertiary/aromatic N) is 2. The number of carbonyl (C=O) groups excluding carboxylic acids is 2. The molecule has 2 aromatic rings. The third kappa shape index (κ3) is 5.12. The number of rotatable bonds is 6. The van der Waals surface area contributed by atoms with E-state index >= 15 is 0 Å². The van der Waals surface area contributed by atoms with Crippen LogP contribution in [0.4, 0.5) is 14.5 Å². The number of para-hydroxylation sites is 1. The average Bonchev–Trinajstić information content (AvgIpc) is 3.04. The van der Waals surface area contributed by atoms with E-state index in [1.165, 1.54) is 12.3 Å². The molecule has 1 heterocycles. The van der Waals surface area contributed by atoms with Gasteiger partial charge in [-0.1, -0.05) is 6.07 Å². The van der Waals surface area contributed by atoms with Gasteiger partial charge in [-0.15, -0.1) is 0 Å². The highest BCUT2D eigenvalue weighted by Gasteiger charge is 2.29. The maximum Gasteiger partial charge on any atom is 0.252 e. The van der Waals surface area contributed by atoms with Crippen molar-refractivity contribution in [3.05, 3.63) is 59.7 Å². The monoisotopic (exact) mass is 401 g/mol. The summed E-state index contributed by atoms with van der Waals surface area (Å²) in [6, 6.07) is 9.28. The minimum Gasteiger partial charge on any atom is -0.497 e. The van der Waals surface area contributed by atoms with Crippen LogP contribution in [-0.2, 0) is 9.59 Å². The van der Waals surface area contributed by atoms with Gasteiger partial charge in [0.05, 0.1) is 19.7 Å². The fraction of sp³-hybridized carbons (Fsp3) is 0.158. The van der Waals surface area contributed by atoms with Gasteiger partial charge < -0.3 is 10.1 Å². The Balaban J connectivity index is 1.56. The summed E-state index contributed by atoms with van der Waals surface area (Å²) in [6.07, 6.45) is 1.13. The molecule has 0 aromatic heterocycles. The van der Waals surface area contributed by atoms with Crippen molar-refractivity contribution in [2.24, 2.45) is 10.1 Å². The standard InChI is InChI=1S/C19H17F2N5O3/c1-29-12-7-5-11(6-8-12)10-22-26-19-23-15(18(28)25-19)9-16(27)24-17-13(20)3-2-4-14(17)21/h2-8,10,15H,9H2,1H3,(H,24,27)(H2,23,25,26,28)/b22-10+. The number of carbonyl (C=O) groups is 2. The highest BCUT2D eigenvalue weighted by Crippen LogP contribution is 2.18. The molecule has 0 saturated heterocycles. The third-order valence-corrected chi connectivity index (χ3v) is 3.93. The van der Waals surface area contributed by atoms with E-state index in [-0.39, 0.29) is 12.4 Å². The molecule has 8 nitrogen and oxygen atoms in total. The van der Waals surface area contributed by atoms with Crippen LogP contribution < -0.4 is 20.8 Å². The fourth-order valence-corrected chi connectivity index (χ4v) is 2.48. The summed E-state index contributed by atoms with van der Waals surface area (Å²) in [5, 5.41) is 8.51. The van der Waals surface area contributed by atoms with Gasteiger partial charge in [-0.05, 0) is 42.0 Å². The lowest BCUT2D eigenvalue weighted by molar-refractivity contribution is -0.123. The van der Waals surface area contributed by atoms with E-state index in [0.717, 1.165) is 17.7 Å². The predicted octanol–water partition coefficient (Wildman–Crippen LogP) is 1.78. The summed E-state index contributed by atoms with van der Waals surface area (Å²) >= 11 is 0. The van der Waals surface area contributed by atoms with E-state index in [9.17, 15) is 18.4 Å². The molecule has 0 fully saturated rings. The van der Waals surface area contributed by atoms with E-state index < -0.39 is 35.2 Å². The summed E-state index contributed by atoms with van der Waals surface area (Å²) < 4.78 is 32.2. The maximum absolute atomic E-state index is 13.6. The number of amides is 2. The SMILES string of the molecule is COc1ccc(/C=N/NC2=NC(CC(=O)Nc3c(F)cccc3F)C(=O)N2)cc1. The molecule has 3 rings (SSSR count). The second kappa shape index (κ2) is 8.91. The van der Waals surface area contributed by atoms with Crippen LogP contribution in [0.1, 0.15) is 12.0 Å². The van der Waals surface area contributed by atoms with Crippen LogP contribution in [0.15, 0.2) is 52.6 Å². The summed E-state index contributed by atoms with van der Waals surface area (Å²) in [4.78, 5) is 28.0. The Morgan fingerprint density at radius 2 is 1.93 bits per heavy atom. The van der Waals surface area contributed by atoms with Crippen molar-refractivity contribution in [1.29, 1.82) is 0 Å². The number of hydrazone groups is 1. The lowest BCUT2D eigenvalue weighted by atomic mass is 10.2. The van der Waals surface area contributed by atoms with Gasteiger partial charge in [0.15, 0.2) is 0 Å². The van der Waals surface area contributed by atoms with Crippen molar-refractivity contribution in [2.75, 3.05) is 12.4 Å². The van der Waals surface area contributed by atoms with Gasteiger partial charge in [0.1, 0.15) is 29.1 Å². The van der Waals surface area contributed by atoms with Gasteiger partial charge in [0.25, 0.3) is 5.91 Å². The lowest BCUT2D eigenvalue weighted by Crippen LogP contribution is -2.35. The molecule has 1 atom stereocenters. The number of nitrogens with one attached hydrogen (secondary N) is 3. The molecule has 0 aliphatic carbocycles. The van der Waals surface area contributed by atoms with E-state index in [0.29, 0.717) is 5.75 Å². The zero-order valence-corrected chi connectivity index (χ0v) is 15.3. The lowest BCUT2D eigenvalue weighted by Gasteiger charge is -2.08. The summed E-state index contributed by atoms with van der Waals surface area (Å²) in [6.45, 7) is 0. The van der Waals surface area contributed by atoms with Crippen LogP contribution >= 0.6 is 0 Å². The van der Waals surface area contributed by atoms with E-state index in [4.69, 9.17) is 4.74 Å². The van der Waals surface area contributed by atoms with Crippen LogP contribution in [0.3, 0.4) is 0 Å². The number of hydrogen-bond donors (Lipinski definition) is 3. The first-order valence-electron chi connectivity index (χ1n) is 8.52. The molecule has 10 heteroatoms. The summed E-state index contributed by atoms with van der Waals surface area (Å²) in [5.41, 5.74) is 2.78. The van der Waals surface area contributed by atoms with Gasteiger partial charge >= 0.3 is 0 Å². The van der Waals surface area contributed by atoms with Gasteiger partial charge in [0.2, 0.25) is 11.9 Å². The molecule has 0 spiro atoms. The molecule has 1 aliphatic rings. The minimum absolute atomic E-state index is 0.0645. The van der Waals surface area contributed by atoms with E-state index in [1.807, 2.05) is 0 Å². The molecule has 2 aromatic carbocycles. The number of ether oxygens (including phenoxy) is 1. The second-order valence-corrected chi connectivity index (χ2v) is 5.97. The molecule has 3 N–H and O–H groups in total. The van der Waals surface area contributed by atoms with Gasteiger partial charge in [-0.2, -0.15) is 5.10 Å². The molecular weight excluding hydrogens is 384 g/mol. The number of anilines is 1. The van der Waals surface area contributed by atoms with Crippen LogP contribution in [0.2, 0.25) is 0 Å². The van der Waals surface area contributed by atoms with Crippen molar-refractivity contribution >= 4 is 29.7 Å². The Morgan fingerprint density at radius 1 is 1.24 bits per heavy atom. The Morgan fingerprint density at radius 3 is 2.59 bits per heavy atom. The molecular formula is C19H17F2N5O3. The van der Waals surface area contributed by atoms with Crippen LogP contribution in [0, 0.1) is 11.6 Å². The van der Waals surface area contributed by atoms with E-state index in [2.05, 4.69) is 26.2 Å². The van der Waals surface area contributed by atoms with Crippen molar-refractivity contribution in [3.8, 4) is 5.75 Å². The molecule has 1 unspecified atom stereocenters. The van der Waals surface area contributed by atoms with E-state index in [1.54, 1.807) is 31.4 Å². The summed E-state index contributed by atoms with van der Waals surface area (Å²) in [5.74, 6) is -2.33. The maximum atomic E-state index is 13.6. The minimum atomic E-state index is -1.04. The Kier molecular flexibility index (Phi) is 6.12. The number of hydrogen-bond acceptors (Lipinski definition) is 6. The average molecular weight is 401 g/mol. The van der Waals surface area contributed by atoms with Gasteiger partial charge in [-0.3, -0.25) is 14.9 Å². The Bertz CT molecular complexity index is 956. The third-order valence-electron chi connectivity index (χ3n) is 3.93. The molecule has 0 bridgehead atoms. The van der Waals surface area contributed by atoms with Crippen LogP contribution in [0.5, 0.6) is 5.75 Å². The molecule has 0 radical (unpaired) electrons. The molecule has 0 saturated carbocycles. The van der Waals surface area contributed by atoms with Crippen molar-refractivity contribution in [2.45, 2.75) is 12.5 Å². The highest BCUT2D eigenvalue weighted by molar-refractivity contribution is 6.07. The van der Waals surface area contributed by atoms with Crippen molar-refractivity contribution in [3.63, 3.8) is 0 Å². The number of halogens is 2. The molecule has 1 aliphatic heterocycles. The number of benzene rings is 2. The molecule has 2 amide bonds. The Hall–Kier alpha value is -3.82. The predicted molar refractivity (Wildman–Crippen MR) is 103 cm³/mol. The Labute approximate surface area is 164 Å². The molecule has 29 heavy (non-hydrogen) atoms. The smallest absolute Gasteiger partial charge is 0.252 e. The topological polar surface area (TPSA) is 104 Å². The zero-order valence-electron chi connectivity index (χ0n) is 15.3. The first-order valence-corrected chi connectivity index (χ1v) is 8.52. The zero-order chi connectivity index (χ0) is 20.8. The first kappa shape index (κ1) is 19.9. The van der Waals surface area contributed by atoms with Crippen LogP contribution in [0.25, 0.3) is 0 Å². The summed E-state index contributed by atoms with van der Waals surface area (Å²) in [7, 11) is 1.56. The van der Waals surface area contributed by atoms with Crippen LogP contribution in [-0.4, -0.2) is 37.1 Å². The molecule has 150 valence electrons. The number of aliphatic imine (C=N–C) groups is 1. The number of guanidine groups is 1. The fourth-order valence-electron chi connectivity index (χ4n) is 2.48. The highest BCUT2D eigenvalue weighted by atomic mass is 19.1. The largest absolute Gasteiger partial charge is 0.497 e. The quantitative estimate of drug-likeness (QED) is 0.507. The van der Waals surface area contributed by atoms with Gasteiger partial charge in [-0.25, -0.2) is 19.2 Å².